The first-order valence-corrected chi connectivity index (χ1v) is 12.2. The molecule has 2 aromatic heterocycles. The largest absolute Gasteiger partial charge is 0.472 e. The average Bonchev–Trinajstić information content (AvgIpc) is 3.17. The van der Waals surface area contributed by atoms with Gasteiger partial charge in [0.1, 0.15) is 23.0 Å². The fraction of sp³-hybridized carbons (Fsp3) is 0.538. The fourth-order valence-corrected chi connectivity index (χ4v) is 3.90. The van der Waals surface area contributed by atoms with Gasteiger partial charge in [0.15, 0.2) is 5.76 Å². The smallest absolute Gasteiger partial charge is 0.321 e. The number of carbonyl (C=O) groups is 2. The number of urea groups is 1. The zero-order chi connectivity index (χ0) is 27.3. The van der Waals surface area contributed by atoms with Crippen LogP contribution in [-0.2, 0) is 0 Å². The highest BCUT2D eigenvalue weighted by Gasteiger charge is 2.34. The van der Waals surface area contributed by atoms with Gasteiger partial charge in [-0.3, -0.25) is 9.69 Å². The van der Waals surface area contributed by atoms with Gasteiger partial charge in [-0.1, -0.05) is 23.9 Å². The van der Waals surface area contributed by atoms with E-state index in [1.54, 1.807) is 45.0 Å². The SMILES string of the molecule is Cc1noc(C)c1NC(=O)N(C)C[C@H]1Oc2ncc(C#CCN(C)C)cc2C(=O)N([C@H](C)CO)C[C@@H]1C. The minimum absolute atomic E-state index is 0.165. The summed E-state index contributed by atoms with van der Waals surface area (Å²) in [7, 11) is 5.51. The lowest BCUT2D eigenvalue weighted by molar-refractivity contribution is 0.0356. The summed E-state index contributed by atoms with van der Waals surface area (Å²) in [6.45, 7) is 8.16. The first-order valence-electron chi connectivity index (χ1n) is 12.2. The third-order valence-corrected chi connectivity index (χ3v) is 6.21. The van der Waals surface area contributed by atoms with Crippen molar-refractivity contribution in [2.75, 3.05) is 52.7 Å². The van der Waals surface area contributed by atoms with E-state index in [9.17, 15) is 14.7 Å². The van der Waals surface area contributed by atoms with Crippen molar-refractivity contribution < 1.29 is 24.0 Å². The normalized spacial score (nSPS) is 18.2. The van der Waals surface area contributed by atoms with E-state index in [0.29, 0.717) is 35.8 Å². The van der Waals surface area contributed by atoms with Crippen molar-refractivity contribution in [2.45, 2.75) is 39.8 Å². The Bertz CT molecular complexity index is 1160. The topological polar surface area (TPSA) is 124 Å². The van der Waals surface area contributed by atoms with Gasteiger partial charge in [-0.05, 0) is 40.9 Å². The Kier molecular flexibility index (Phi) is 9.13. The molecular formula is C26H36N6O5. The van der Waals surface area contributed by atoms with Crippen LogP contribution in [0.4, 0.5) is 10.5 Å². The number of nitrogens with zero attached hydrogens (tertiary/aromatic N) is 5. The van der Waals surface area contributed by atoms with Crippen LogP contribution in [0.5, 0.6) is 5.88 Å². The standard InChI is InChI=1S/C26H36N6O5/c1-16-13-32(17(2)15-33)25(34)21-11-20(9-8-10-30(5)6)12-27-24(21)36-22(16)14-31(7)26(35)28-23-18(3)29-37-19(23)4/h11-12,16-17,22,33H,10,13-15H2,1-7H3,(H,28,35)/t16-,17+,22+/m0/s1. The number of likely N-dealkylation sites (N-methyl/N-ethyl adjacent to an activating group) is 1. The van der Waals surface area contributed by atoms with E-state index < -0.39 is 12.1 Å². The molecule has 3 rings (SSSR count). The zero-order valence-corrected chi connectivity index (χ0v) is 22.5. The molecule has 1 aliphatic rings. The number of carbonyl (C=O) groups excluding carboxylic acids is 2. The summed E-state index contributed by atoms with van der Waals surface area (Å²) in [5.41, 5.74) is 1.99. The molecule has 200 valence electrons. The Balaban J connectivity index is 1.88. The average molecular weight is 513 g/mol. The van der Waals surface area contributed by atoms with Crippen LogP contribution >= 0.6 is 0 Å². The molecule has 0 saturated carbocycles. The van der Waals surface area contributed by atoms with Crippen molar-refractivity contribution in [1.82, 2.24) is 24.8 Å². The van der Waals surface area contributed by atoms with E-state index in [1.165, 1.54) is 4.90 Å². The van der Waals surface area contributed by atoms with E-state index in [1.807, 2.05) is 25.9 Å². The third-order valence-electron chi connectivity index (χ3n) is 6.21. The molecule has 2 N–H and O–H groups in total. The molecule has 0 radical (unpaired) electrons. The molecule has 37 heavy (non-hydrogen) atoms. The number of pyridine rings is 1. The Morgan fingerprint density at radius 1 is 1.35 bits per heavy atom. The maximum Gasteiger partial charge on any atom is 0.321 e. The lowest BCUT2D eigenvalue weighted by atomic mass is 10.00. The number of aliphatic hydroxyl groups excluding tert-OH is 1. The van der Waals surface area contributed by atoms with Gasteiger partial charge in [0.2, 0.25) is 5.88 Å². The molecule has 0 spiro atoms. The molecule has 11 nitrogen and oxygen atoms in total. The quantitative estimate of drug-likeness (QED) is 0.563. The Morgan fingerprint density at radius 3 is 2.70 bits per heavy atom. The number of aryl methyl sites for hydroxylation is 2. The first kappa shape index (κ1) is 28.0. The summed E-state index contributed by atoms with van der Waals surface area (Å²) in [5.74, 6) is 6.32. The number of aliphatic hydroxyl groups is 1. The van der Waals surface area contributed by atoms with Gasteiger partial charge in [-0.15, -0.1) is 0 Å². The zero-order valence-electron chi connectivity index (χ0n) is 22.5. The van der Waals surface area contributed by atoms with Crippen LogP contribution in [-0.4, -0.2) is 101 Å². The van der Waals surface area contributed by atoms with Gasteiger partial charge in [0.05, 0.1) is 25.7 Å². The Hall–Kier alpha value is -3.62. The lowest BCUT2D eigenvalue weighted by Crippen LogP contribution is -2.50. The van der Waals surface area contributed by atoms with Gasteiger partial charge in [-0.2, -0.15) is 0 Å². The number of anilines is 1. The summed E-state index contributed by atoms with van der Waals surface area (Å²) < 4.78 is 11.4. The fourth-order valence-electron chi connectivity index (χ4n) is 3.90. The lowest BCUT2D eigenvalue weighted by Gasteiger charge is -2.37. The molecule has 2 aromatic rings. The van der Waals surface area contributed by atoms with Gasteiger partial charge >= 0.3 is 6.03 Å². The van der Waals surface area contributed by atoms with Crippen LogP contribution in [0.3, 0.4) is 0 Å². The number of nitrogens with one attached hydrogen (secondary N) is 1. The molecule has 0 bridgehead atoms. The van der Waals surface area contributed by atoms with Crippen LogP contribution in [0.25, 0.3) is 0 Å². The predicted octanol–water partition coefficient (Wildman–Crippen LogP) is 1.98. The molecule has 1 aliphatic heterocycles. The molecule has 0 aliphatic carbocycles. The second-order valence-corrected chi connectivity index (χ2v) is 9.75. The summed E-state index contributed by atoms with van der Waals surface area (Å²) in [6.07, 6.45) is 1.10. The summed E-state index contributed by atoms with van der Waals surface area (Å²) in [6, 6.07) is 0.917. The molecule has 3 heterocycles. The van der Waals surface area contributed by atoms with E-state index in [0.717, 1.165) is 0 Å². The van der Waals surface area contributed by atoms with Crippen LogP contribution in [0, 0.1) is 31.6 Å². The molecule has 0 unspecified atom stereocenters. The van der Waals surface area contributed by atoms with E-state index >= 15 is 0 Å². The summed E-state index contributed by atoms with van der Waals surface area (Å²) >= 11 is 0. The summed E-state index contributed by atoms with van der Waals surface area (Å²) in [4.78, 5) is 35.9. The Morgan fingerprint density at radius 2 is 2.08 bits per heavy atom. The molecule has 0 aromatic carbocycles. The molecule has 3 amide bonds. The van der Waals surface area contributed by atoms with Crippen molar-refractivity contribution >= 4 is 17.6 Å². The van der Waals surface area contributed by atoms with Gasteiger partial charge in [0, 0.05) is 31.3 Å². The highest BCUT2D eigenvalue weighted by molar-refractivity contribution is 5.97. The van der Waals surface area contributed by atoms with E-state index in [4.69, 9.17) is 9.26 Å². The number of amides is 3. The van der Waals surface area contributed by atoms with Crippen molar-refractivity contribution in [1.29, 1.82) is 0 Å². The maximum atomic E-state index is 13.5. The second kappa shape index (κ2) is 12.1. The highest BCUT2D eigenvalue weighted by atomic mass is 16.5. The van der Waals surface area contributed by atoms with Crippen molar-refractivity contribution in [2.24, 2.45) is 5.92 Å². The number of rotatable bonds is 6. The highest BCUT2D eigenvalue weighted by Crippen LogP contribution is 2.27. The van der Waals surface area contributed by atoms with Crippen molar-refractivity contribution in [3.63, 3.8) is 0 Å². The number of hydrogen-bond acceptors (Lipinski definition) is 8. The molecule has 11 heteroatoms. The Labute approximate surface area is 217 Å². The molecule has 3 atom stereocenters. The third kappa shape index (κ3) is 6.78. The van der Waals surface area contributed by atoms with Gasteiger partial charge in [0.25, 0.3) is 5.91 Å². The number of ether oxygens (including phenoxy) is 1. The maximum absolute atomic E-state index is 13.5. The van der Waals surface area contributed by atoms with Gasteiger partial charge < -0.3 is 29.5 Å². The number of hydrogen-bond donors (Lipinski definition) is 2. The minimum Gasteiger partial charge on any atom is -0.472 e. The van der Waals surface area contributed by atoms with E-state index in [-0.39, 0.29) is 42.5 Å². The van der Waals surface area contributed by atoms with Gasteiger partial charge in [-0.25, -0.2) is 9.78 Å². The first-order chi connectivity index (χ1) is 17.5. The van der Waals surface area contributed by atoms with Crippen LogP contribution in [0.1, 0.15) is 41.2 Å². The van der Waals surface area contributed by atoms with Crippen LogP contribution in [0.15, 0.2) is 16.8 Å². The van der Waals surface area contributed by atoms with Crippen molar-refractivity contribution in [3.05, 3.63) is 34.8 Å². The van der Waals surface area contributed by atoms with Crippen molar-refractivity contribution in [3.8, 4) is 17.7 Å². The van der Waals surface area contributed by atoms with Crippen LogP contribution < -0.4 is 10.1 Å². The number of aromatic nitrogens is 2. The van der Waals surface area contributed by atoms with E-state index in [2.05, 4.69) is 27.3 Å². The molecule has 0 fully saturated rings. The second-order valence-electron chi connectivity index (χ2n) is 9.75. The minimum atomic E-state index is -0.473. The van der Waals surface area contributed by atoms with Crippen LogP contribution in [0.2, 0.25) is 0 Å². The molecular weight excluding hydrogens is 476 g/mol. The number of fused-ring (bicyclic) bond motifs is 1. The summed E-state index contributed by atoms with van der Waals surface area (Å²) in [5, 5.41) is 16.5. The predicted molar refractivity (Wildman–Crippen MR) is 138 cm³/mol. The monoisotopic (exact) mass is 512 g/mol. The molecule has 0 saturated heterocycles.